The number of aryl methyl sites for hydroxylation is 1. The van der Waals surface area contributed by atoms with Gasteiger partial charge in [-0.05, 0) is 35.6 Å². The highest BCUT2D eigenvalue weighted by Gasteiger charge is 2.21. The van der Waals surface area contributed by atoms with Gasteiger partial charge in [-0.15, -0.1) is 0 Å². The molecule has 0 amide bonds. The first-order valence-corrected chi connectivity index (χ1v) is 7.02. The number of alkyl halides is 2. The average molecular weight is 368 g/mol. The molecule has 0 aromatic carbocycles. The second kappa shape index (κ2) is 4.46. The van der Waals surface area contributed by atoms with Crippen molar-refractivity contribution >= 4 is 42.3 Å². The smallest absolute Gasteiger partial charge is 0.240 e. The topological polar surface area (TPSA) is 47.0 Å². The summed E-state index contributed by atoms with van der Waals surface area (Å²) in [6, 6.07) is 1.03. The van der Waals surface area contributed by atoms with Crippen LogP contribution in [0.4, 0.5) is 8.78 Å². The second-order valence-corrected chi connectivity index (χ2v) is 6.35. The SMILES string of the molecule is Cc1nc(S(=O)(=O)Cl)cc(I)c1C(F)F. The molecule has 84 valence electrons. The third-order valence-electron chi connectivity index (χ3n) is 1.64. The van der Waals surface area contributed by atoms with E-state index in [1.165, 1.54) is 6.92 Å². The van der Waals surface area contributed by atoms with E-state index < -0.39 is 20.5 Å². The Hall–Kier alpha value is -0.0200. The summed E-state index contributed by atoms with van der Waals surface area (Å²) in [6.45, 7) is 1.31. The third kappa shape index (κ3) is 2.97. The molecular weight excluding hydrogens is 363 g/mol. The van der Waals surface area contributed by atoms with E-state index in [1.54, 1.807) is 22.6 Å². The Balaban J connectivity index is 3.45. The minimum absolute atomic E-state index is 0.0314. The maximum absolute atomic E-state index is 12.5. The van der Waals surface area contributed by atoms with Crippen LogP contribution in [0.2, 0.25) is 0 Å². The fourth-order valence-electron chi connectivity index (χ4n) is 1.00. The van der Waals surface area contributed by atoms with E-state index in [9.17, 15) is 17.2 Å². The largest absolute Gasteiger partial charge is 0.278 e. The van der Waals surface area contributed by atoms with Gasteiger partial charge in [0.15, 0.2) is 5.03 Å². The van der Waals surface area contributed by atoms with Crippen LogP contribution in [0.5, 0.6) is 0 Å². The van der Waals surface area contributed by atoms with Crippen molar-refractivity contribution in [1.29, 1.82) is 0 Å². The number of pyridine rings is 1. The number of halogens is 4. The van der Waals surface area contributed by atoms with Crippen LogP contribution in [0.1, 0.15) is 17.7 Å². The highest BCUT2D eigenvalue weighted by molar-refractivity contribution is 14.1. The second-order valence-electron chi connectivity index (χ2n) is 2.68. The number of aromatic nitrogens is 1. The lowest BCUT2D eigenvalue weighted by Gasteiger charge is -2.07. The van der Waals surface area contributed by atoms with E-state index in [2.05, 4.69) is 4.98 Å². The standard InChI is InChI=1S/C7H5ClF2INO2S/c1-3-6(7(9)10)4(11)2-5(12-3)15(8,13)14/h2,7H,1H3. The van der Waals surface area contributed by atoms with Crippen LogP contribution in [-0.4, -0.2) is 13.4 Å². The highest BCUT2D eigenvalue weighted by atomic mass is 127. The predicted octanol–water partition coefficient (Wildman–Crippen LogP) is 2.86. The zero-order valence-corrected chi connectivity index (χ0v) is 11.1. The van der Waals surface area contributed by atoms with Crippen molar-refractivity contribution in [1.82, 2.24) is 4.98 Å². The van der Waals surface area contributed by atoms with Crippen molar-refractivity contribution in [3.05, 3.63) is 20.9 Å². The van der Waals surface area contributed by atoms with E-state index in [0.717, 1.165) is 6.07 Å². The molecule has 1 heterocycles. The third-order valence-corrected chi connectivity index (χ3v) is 3.72. The highest BCUT2D eigenvalue weighted by Crippen LogP contribution is 2.28. The van der Waals surface area contributed by atoms with Crippen LogP contribution in [0, 0.1) is 10.5 Å². The monoisotopic (exact) mass is 367 g/mol. The maximum Gasteiger partial charge on any atom is 0.278 e. The number of nitrogens with zero attached hydrogens (tertiary/aromatic N) is 1. The Kier molecular flexibility index (Phi) is 3.88. The molecule has 0 spiro atoms. The van der Waals surface area contributed by atoms with E-state index >= 15 is 0 Å². The van der Waals surface area contributed by atoms with Crippen LogP contribution < -0.4 is 0 Å². The zero-order valence-electron chi connectivity index (χ0n) is 7.34. The summed E-state index contributed by atoms with van der Waals surface area (Å²) in [5, 5.41) is -0.407. The van der Waals surface area contributed by atoms with Crippen molar-refractivity contribution in [2.45, 2.75) is 18.4 Å². The molecule has 15 heavy (non-hydrogen) atoms. The van der Waals surface area contributed by atoms with Crippen LogP contribution in [0.25, 0.3) is 0 Å². The average Bonchev–Trinajstić information content (AvgIpc) is 1.99. The quantitative estimate of drug-likeness (QED) is 0.596. The fraction of sp³-hybridized carbons (Fsp3) is 0.286. The Morgan fingerprint density at radius 1 is 1.53 bits per heavy atom. The molecule has 0 N–H and O–H groups in total. The molecule has 0 saturated heterocycles. The number of hydrogen-bond donors (Lipinski definition) is 0. The predicted molar refractivity (Wildman–Crippen MR) is 59.7 cm³/mol. The molecule has 0 saturated carbocycles. The van der Waals surface area contributed by atoms with Crippen molar-refractivity contribution in [2.75, 3.05) is 0 Å². The van der Waals surface area contributed by atoms with Gasteiger partial charge < -0.3 is 0 Å². The van der Waals surface area contributed by atoms with Gasteiger partial charge in [-0.25, -0.2) is 22.2 Å². The van der Waals surface area contributed by atoms with Crippen LogP contribution in [0.3, 0.4) is 0 Å². The lowest BCUT2D eigenvalue weighted by atomic mass is 10.2. The molecule has 1 aromatic rings. The van der Waals surface area contributed by atoms with Gasteiger partial charge in [0.2, 0.25) is 0 Å². The first kappa shape index (κ1) is 13.0. The van der Waals surface area contributed by atoms with Gasteiger partial charge in [-0.3, -0.25) is 0 Å². The molecule has 0 aliphatic rings. The first-order valence-electron chi connectivity index (χ1n) is 3.63. The van der Waals surface area contributed by atoms with Crippen molar-refractivity contribution in [3.63, 3.8) is 0 Å². The Bertz CT molecular complexity index is 469. The van der Waals surface area contributed by atoms with E-state index in [4.69, 9.17) is 10.7 Å². The van der Waals surface area contributed by atoms with Crippen LogP contribution in [-0.2, 0) is 9.05 Å². The number of hydrogen-bond acceptors (Lipinski definition) is 3. The molecule has 0 atom stereocenters. The molecule has 0 aliphatic carbocycles. The Morgan fingerprint density at radius 3 is 2.40 bits per heavy atom. The molecule has 0 fully saturated rings. The minimum Gasteiger partial charge on any atom is -0.240 e. The van der Waals surface area contributed by atoms with Crippen molar-refractivity contribution in [2.24, 2.45) is 0 Å². The molecule has 1 aromatic heterocycles. The molecular formula is C7H5ClF2INO2S. The van der Waals surface area contributed by atoms with Gasteiger partial charge in [-0.1, -0.05) is 0 Å². The molecule has 0 aliphatic heterocycles. The Labute approximate surface area is 103 Å². The zero-order chi connectivity index (χ0) is 11.8. The van der Waals surface area contributed by atoms with Gasteiger partial charge in [0, 0.05) is 19.9 Å². The van der Waals surface area contributed by atoms with Gasteiger partial charge in [0.05, 0.1) is 5.56 Å². The summed E-state index contributed by atoms with van der Waals surface area (Å²) in [5.74, 6) is 0. The molecule has 0 bridgehead atoms. The normalized spacial score (nSPS) is 12.1. The van der Waals surface area contributed by atoms with Gasteiger partial charge >= 0.3 is 0 Å². The first-order chi connectivity index (χ1) is 6.73. The molecule has 8 heteroatoms. The van der Waals surface area contributed by atoms with E-state index in [0.29, 0.717) is 0 Å². The lowest BCUT2D eigenvalue weighted by Crippen LogP contribution is -2.03. The Morgan fingerprint density at radius 2 is 2.07 bits per heavy atom. The minimum atomic E-state index is -3.98. The fourth-order valence-corrected chi connectivity index (χ4v) is 2.88. The van der Waals surface area contributed by atoms with E-state index in [1.807, 2.05) is 0 Å². The van der Waals surface area contributed by atoms with Crippen molar-refractivity contribution in [3.8, 4) is 0 Å². The summed E-state index contributed by atoms with van der Waals surface area (Å²) in [4.78, 5) is 3.52. The molecule has 0 radical (unpaired) electrons. The lowest BCUT2D eigenvalue weighted by molar-refractivity contribution is 0.149. The maximum atomic E-state index is 12.5. The molecule has 3 nitrogen and oxygen atoms in total. The summed E-state index contributed by atoms with van der Waals surface area (Å²) >= 11 is 1.62. The summed E-state index contributed by atoms with van der Waals surface area (Å²) in [7, 11) is 1.07. The summed E-state index contributed by atoms with van der Waals surface area (Å²) in [6.07, 6.45) is -2.68. The van der Waals surface area contributed by atoms with Gasteiger partial charge in [-0.2, -0.15) is 0 Å². The van der Waals surface area contributed by atoms with E-state index in [-0.39, 0.29) is 14.8 Å². The summed E-state index contributed by atoms with van der Waals surface area (Å²) < 4.78 is 47.0. The van der Waals surface area contributed by atoms with Crippen LogP contribution >= 0.6 is 33.3 Å². The summed E-state index contributed by atoms with van der Waals surface area (Å²) in [5.41, 5.74) is -0.296. The van der Waals surface area contributed by atoms with Crippen LogP contribution in [0.15, 0.2) is 11.1 Å². The van der Waals surface area contributed by atoms with Gasteiger partial charge in [0.25, 0.3) is 15.5 Å². The van der Waals surface area contributed by atoms with Crippen molar-refractivity contribution < 1.29 is 17.2 Å². The molecule has 0 unspecified atom stereocenters. The number of rotatable bonds is 2. The van der Waals surface area contributed by atoms with Gasteiger partial charge in [0.1, 0.15) is 0 Å². The molecule has 1 rings (SSSR count).